The van der Waals surface area contributed by atoms with Gasteiger partial charge in [0.25, 0.3) is 0 Å². The van der Waals surface area contributed by atoms with E-state index < -0.39 is 18.1 Å². The molecule has 1 amide bonds. The van der Waals surface area contributed by atoms with E-state index in [-0.39, 0.29) is 0 Å². The zero-order valence-electron chi connectivity index (χ0n) is 12.7. The van der Waals surface area contributed by atoms with Crippen LogP contribution in [-0.2, 0) is 9.53 Å². The minimum atomic E-state index is -1.03. The molecule has 0 rings (SSSR count). The number of unbranched alkanes of at least 4 members (excludes halogenated alkanes) is 5. The summed E-state index contributed by atoms with van der Waals surface area (Å²) in [4.78, 5) is 22.6. The van der Waals surface area contributed by atoms with Crippen molar-refractivity contribution in [2.45, 2.75) is 57.4 Å². The van der Waals surface area contributed by atoms with Crippen molar-refractivity contribution < 1.29 is 19.4 Å². The number of allylic oxidation sites excluding steroid dienone is 2. The number of nitrogens with one attached hydrogen (secondary N) is 1. The summed E-state index contributed by atoms with van der Waals surface area (Å²) in [5.74, 6) is -1.03. The Bertz CT molecular complexity index is 328. The molecule has 0 aromatic carbocycles. The van der Waals surface area contributed by atoms with E-state index in [1.54, 1.807) is 0 Å². The lowest BCUT2D eigenvalue weighted by Gasteiger charge is -2.14. The molecule has 0 bridgehead atoms. The number of ether oxygens (including phenoxy) is 1. The summed E-state index contributed by atoms with van der Waals surface area (Å²) in [6.07, 6.45) is 9.54. The molecule has 0 fully saturated rings. The van der Waals surface area contributed by atoms with E-state index in [1.165, 1.54) is 0 Å². The quantitative estimate of drug-likeness (QED) is 0.402. The molecule has 120 valence electrons. The summed E-state index contributed by atoms with van der Waals surface area (Å²) in [6.45, 7) is 7.54. The van der Waals surface area contributed by atoms with Gasteiger partial charge in [0.15, 0.2) is 0 Å². The number of amides is 1. The molecular formula is C16H27NO4. The molecule has 0 saturated heterocycles. The summed E-state index contributed by atoms with van der Waals surface area (Å²) >= 11 is 0. The van der Waals surface area contributed by atoms with Crippen molar-refractivity contribution in [2.24, 2.45) is 0 Å². The highest BCUT2D eigenvalue weighted by atomic mass is 16.5. The number of alkyl carbamates (subject to hydrolysis) is 1. The first-order valence-electron chi connectivity index (χ1n) is 7.49. The molecule has 0 aromatic rings. The highest BCUT2D eigenvalue weighted by Crippen LogP contribution is 2.07. The van der Waals surface area contributed by atoms with Crippen LogP contribution in [0.3, 0.4) is 0 Å². The molecule has 5 heteroatoms. The standard InChI is InChI=1S/C16H27NO4/c1-3-5-7-9-10-12-14(15(18)19)17-16(20)21-13-11-8-6-4-2/h3-4,14H,1-2,5-13H2,(H,17,20)(H,18,19). The van der Waals surface area contributed by atoms with Crippen molar-refractivity contribution in [1.82, 2.24) is 5.32 Å². The summed E-state index contributed by atoms with van der Waals surface area (Å²) in [5, 5.41) is 11.5. The van der Waals surface area contributed by atoms with Crippen molar-refractivity contribution in [3.8, 4) is 0 Å². The van der Waals surface area contributed by atoms with Gasteiger partial charge in [-0.25, -0.2) is 9.59 Å². The Morgan fingerprint density at radius 3 is 2.24 bits per heavy atom. The van der Waals surface area contributed by atoms with E-state index in [0.29, 0.717) is 13.0 Å². The average molecular weight is 297 g/mol. The van der Waals surface area contributed by atoms with Crippen molar-refractivity contribution in [2.75, 3.05) is 6.61 Å². The Morgan fingerprint density at radius 1 is 1.05 bits per heavy atom. The van der Waals surface area contributed by atoms with E-state index in [2.05, 4.69) is 18.5 Å². The highest BCUT2D eigenvalue weighted by molar-refractivity contribution is 5.79. The molecule has 1 atom stereocenters. The van der Waals surface area contributed by atoms with Crippen LogP contribution in [0.25, 0.3) is 0 Å². The first kappa shape index (κ1) is 19.2. The van der Waals surface area contributed by atoms with Crippen molar-refractivity contribution in [1.29, 1.82) is 0 Å². The maximum Gasteiger partial charge on any atom is 0.407 e. The van der Waals surface area contributed by atoms with Gasteiger partial charge in [-0.2, -0.15) is 0 Å². The molecule has 0 spiro atoms. The lowest BCUT2D eigenvalue weighted by molar-refractivity contribution is -0.139. The Balaban J connectivity index is 3.85. The van der Waals surface area contributed by atoms with Crippen molar-refractivity contribution in [3.05, 3.63) is 25.3 Å². The minimum absolute atomic E-state index is 0.297. The summed E-state index contributed by atoms with van der Waals surface area (Å²) < 4.78 is 4.95. The molecular weight excluding hydrogens is 270 g/mol. The third-order valence-corrected chi connectivity index (χ3v) is 3.03. The zero-order valence-corrected chi connectivity index (χ0v) is 12.7. The van der Waals surface area contributed by atoms with Gasteiger partial charge in [-0.15, -0.1) is 13.2 Å². The van der Waals surface area contributed by atoms with E-state index in [0.717, 1.165) is 44.9 Å². The van der Waals surface area contributed by atoms with Gasteiger partial charge in [-0.05, 0) is 38.5 Å². The molecule has 2 N–H and O–H groups in total. The van der Waals surface area contributed by atoms with Crippen LogP contribution >= 0.6 is 0 Å². The average Bonchev–Trinajstić information content (AvgIpc) is 2.45. The minimum Gasteiger partial charge on any atom is -0.480 e. The van der Waals surface area contributed by atoms with Gasteiger partial charge >= 0.3 is 12.1 Å². The lowest BCUT2D eigenvalue weighted by atomic mass is 10.1. The Hall–Kier alpha value is -1.78. The Morgan fingerprint density at radius 2 is 1.67 bits per heavy atom. The third-order valence-electron chi connectivity index (χ3n) is 3.03. The molecule has 0 aliphatic carbocycles. The fourth-order valence-corrected chi connectivity index (χ4v) is 1.81. The molecule has 21 heavy (non-hydrogen) atoms. The third kappa shape index (κ3) is 11.7. The van der Waals surface area contributed by atoms with Crippen LogP contribution in [0.15, 0.2) is 25.3 Å². The number of carbonyl (C=O) groups excluding carboxylic acids is 1. The van der Waals surface area contributed by atoms with Gasteiger partial charge in [0.2, 0.25) is 0 Å². The summed E-state index contributed by atoms with van der Waals surface area (Å²) in [6, 6.07) is -0.880. The number of carbonyl (C=O) groups is 2. The van der Waals surface area contributed by atoms with E-state index in [4.69, 9.17) is 9.84 Å². The predicted octanol–water partition coefficient (Wildman–Crippen LogP) is 3.66. The number of aliphatic carboxylic acids is 1. The Labute approximate surface area is 127 Å². The lowest BCUT2D eigenvalue weighted by Crippen LogP contribution is -2.41. The van der Waals surface area contributed by atoms with Crippen LogP contribution < -0.4 is 5.32 Å². The number of hydrogen-bond acceptors (Lipinski definition) is 3. The molecule has 0 aliphatic heterocycles. The van der Waals surface area contributed by atoms with Gasteiger partial charge < -0.3 is 15.2 Å². The number of hydrogen-bond donors (Lipinski definition) is 2. The summed E-state index contributed by atoms with van der Waals surface area (Å²) in [5.41, 5.74) is 0. The van der Waals surface area contributed by atoms with Crippen LogP contribution in [0, 0.1) is 0 Å². The normalized spacial score (nSPS) is 11.4. The highest BCUT2D eigenvalue weighted by Gasteiger charge is 2.19. The second-order valence-electron chi connectivity index (χ2n) is 4.88. The van der Waals surface area contributed by atoms with Gasteiger partial charge in [0.05, 0.1) is 6.61 Å². The predicted molar refractivity (Wildman–Crippen MR) is 83.2 cm³/mol. The second kappa shape index (κ2) is 13.2. The summed E-state index contributed by atoms with van der Waals surface area (Å²) in [7, 11) is 0. The monoisotopic (exact) mass is 297 g/mol. The molecule has 0 aliphatic rings. The zero-order chi connectivity index (χ0) is 15.9. The van der Waals surface area contributed by atoms with Gasteiger partial charge in [-0.1, -0.05) is 25.0 Å². The van der Waals surface area contributed by atoms with E-state index in [9.17, 15) is 9.59 Å². The SMILES string of the molecule is C=CCCCCCC(NC(=O)OCCCCC=C)C(=O)O. The molecule has 1 unspecified atom stereocenters. The maximum absolute atomic E-state index is 11.5. The van der Waals surface area contributed by atoms with E-state index >= 15 is 0 Å². The number of carboxylic acid groups (broad SMARTS) is 1. The van der Waals surface area contributed by atoms with Crippen LogP contribution in [0.2, 0.25) is 0 Å². The van der Waals surface area contributed by atoms with Crippen LogP contribution in [-0.4, -0.2) is 29.8 Å². The van der Waals surface area contributed by atoms with Crippen molar-refractivity contribution >= 4 is 12.1 Å². The Kier molecular flexibility index (Phi) is 12.1. The van der Waals surface area contributed by atoms with E-state index in [1.807, 2.05) is 12.2 Å². The fourth-order valence-electron chi connectivity index (χ4n) is 1.81. The smallest absolute Gasteiger partial charge is 0.407 e. The van der Waals surface area contributed by atoms with Crippen molar-refractivity contribution in [3.63, 3.8) is 0 Å². The number of rotatable bonds is 13. The maximum atomic E-state index is 11.5. The van der Waals surface area contributed by atoms with Crippen LogP contribution in [0.5, 0.6) is 0 Å². The second-order valence-corrected chi connectivity index (χ2v) is 4.88. The largest absolute Gasteiger partial charge is 0.480 e. The molecule has 0 radical (unpaired) electrons. The van der Waals surface area contributed by atoms with Gasteiger partial charge in [-0.3, -0.25) is 0 Å². The topological polar surface area (TPSA) is 75.6 Å². The van der Waals surface area contributed by atoms with Gasteiger partial charge in [0, 0.05) is 0 Å². The first-order valence-corrected chi connectivity index (χ1v) is 7.49. The van der Waals surface area contributed by atoms with Gasteiger partial charge in [0.1, 0.15) is 6.04 Å². The molecule has 0 aromatic heterocycles. The van der Waals surface area contributed by atoms with Crippen LogP contribution in [0.1, 0.15) is 51.4 Å². The first-order chi connectivity index (χ1) is 10.1. The molecule has 0 saturated carbocycles. The fraction of sp³-hybridized carbons (Fsp3) is 0.625. The molecule has 5 nitrogen and oxygen atoms in total. The molecule has 0 heterocycles. The van der Waals surface area contributed by atoms with Crippen LogP contribution in [0.4, 0.5) is 4.79 Å². The number of carboxylic acids is 1.